The number of hydrogen-bond donors (Lipinski definition) is 0. The monoisotopic (exact) mass is 374 g/mol. The number of piperazine rings is 1. The SMILES string of the molecule is Cc1ccc(N2CCN(C(=O)c3ccccc3-c3nccn3C)CC2=O)cc1. The van der Waals surface area contributed by atoms with Crippen LogP contribution in [0.15, 0.2) is 60.9 Å². The second kappa shape index (κ2) is 7.31. The van der Waals surface area contributed by atoms with Gasteiger partial charge in [-0.25, -0.2) is 4.98 Å². The molecule has 3 aromatic rings. The van der Waals surface area contributed by atoms with E-state index >= 15 is 0 Å². The van der Waals surface area contributed by atoms with Crippen molar-refractivity contribution in [2.75, 3.05) is 24.5 Å². The summed E-state index contributed by atoms with van der Waals surface area (Å²) in [6, 6.07) is 15.3. The molecule has 0 radical (unpaired) electrons. The fraction of sp³-hybridized carbons (Fsp3) is 0.227. The smallest absolute Gasteiger partial charge is 0.255 e. The van der Waals surface area contributed by atoms with Gasteiger partial charge in [-0.2, -0.15) is 0 Å². The highest BCUT2D eigenvalue weighted by molar-refractivity contribution is 6.04. The van der Waals surface area contributed by atoms with Gasteiger partial charge in [-0.15, -0.1) is 0 Å². The maximum Gasteiger partial charge on any atom is 0.255 e. The number of benzene rings is 2. The highest BCUT2D eigenvalue weighted by Crippen LogP contribution is 2.24. The van der Waals surface area contributed by atoms with Gasteiger partial charge in [0.2, 0.25) is 5.91 Å². The second-order valence-corrected chi connectivity index (χ2v) is 7.01. The lowest BCUT2D eigenvalue weighted by molar-refractivity contribution is -0.120. The van der Waals surface area contributed by atoms with Gasteiger partial charge in [-0.3, -0.25) is 9.59 Å². The molecule has 6 heteroatoms. The van der Waals surface area contributed by atoms with Gasteiger partial charge in [0.1, 0.15) is 12.4 Å². The molecule has 4 rings (SSSR count). The minimum absolute atomic E-state index is 0.0710. The Morgan fingerprint density at radius 1 is 1.04 bits per heavy atom. The molecule has 2 amide bonds. The van der Waals surface area contributed by atoms with Crippen molar-refractivity contribution >= 4 is 17.5 Å². The molecule has 0 spiro atoms. The van der Waals surface area contributed by atoms with Crippen LogP contribution in [0.3, 0.4) is 0 Å². The van der Waals surface area contributed by atoms with E-state index in [1.165, 1.54) is 0 Å². The lowest BCUT2D eigenvalue weighted by atomic mass is 10.0. The van der Waals surface area contributed by atoms with Gasteiger partial charge in [0.05, 0.1) is 5.56 Å². The molecule has 0 N–H and O–H groups in total. The van der Waals surface area contributed by atoms with E-state index in [2.05, 4.69) is 4.98 Å². The average molecular weight is 374 g/mol. The number of rotatable bonds is 3. The molecule has 0 bridgehead atoms. The zero-order valence-corrected chi connectivity index (χ0v) is 16.0. The highest BCUT2D eigenvalue weighted by Gasteiger charge is 2.30. The molecule has 0 atom stereocenters. The molecule has 2 aromatic carbocycles. The van der Waals surface area contributed by atoms with Crippen LogP contribution in [0.4, 0.5) is 5.69 Å². The summed E-state index contributed by atoms with van der Waals surface area (Å²) in [5, 5.41) is 0. The largest absolute Gasteiger partial charge is 0.334 e. The van der Waals surface area contributed by atoms with Crippen LogP contribution in [0.5, 0.6) is 0 Å². The van der Waals surface area contributed by atoms with Crippen LogP contribution in [0.2, 0.25) is 0 Å². The predicted octanol–water partition coefficient (Wildman–Crippen LogP) is 2.88. The number of carbonyl (C=O) groups excluding carboxylic acids is 2. The fourth-order valence-electron chi connectivity index (χ4n) is 3.50. The third-order valence-corrected chi connectivity index (χ3v) is 5.07. The number of aromatic nitrogens is 2. The first-order valence-corrected chi connectivity index (χ1v) is 9.27. The number of amides is 2. The molecule has 1 fully saturated rings. The molecule has 2 heterocycles. The number of nitrogens with zero attached hydrogens (tertiary/aromatic N) is 4. The summed E-state index contributed by atoms with van der Waals surface area (Å²) in [6.07, 6.45) is 3.56. The number of hydrogen-bond acceptors (Lipinski definition) is 3. The molecule has 28 heavy (non-hydrogen) atoms. The Kier molecular flexibility index (Phi) is 4.69. The topological polar surface area (TPSA) is 58.4 Å². The van der Waals surface area contributed by atoms with Crippen LogP contribution in [0, 0.1) is 6.92 Å². The van der Waals surface area contributed by atoms with Crippen molar-refractivity contribution in [2.45, 2.75) is 6.92 Å². The van der Waals surface area contributed by atoms with Crippen molar-refractivity contribution in [3.63, 3.8) is 0 Å². The number of aryl methyl sites for hydroxylation is 2. The highest BCUT2D eigenvalue weighted by atomic mass is 16.2. The third kappa shape index (κ3) is 3.29. The first-order valence-electron chi connectivity index (χ1n) is 9.27. The number of carbonyl (C=O) groups is 2. The van der Waals surface area contributed by atoms with Crippen LogP contribution in [0.1, 0.15) is 15.9 Å². The van der Waals surface area contributed by atoms with Gasteiger partial charge in [-0.05, 0) is 25.1 Å². The lowest BCUT2D eigenvalue weighted by Gasteiger charge is -2.34. The standard InChI is InChI=1S/C22H22N4O2/c1-16-7-9-17(10-8-16)26-14-13-25(15-20(26)27)22(28)19-6-4-3-5-18(19)21-23-11-12-24(21)2/h3-12H,13-15H2,1-2H3. The van der Waals surface area contributed by atoms with Crippen molar-refractivity contribution < 1.29 is 9.59 Å². The van der Waals surface area contributed by atoms with Crippen LogP contribution >= 0.6 is 0 Å². The van der Waals surface area contributed by atoms with E-state index in [1.807, 2.05) is 67.2 Å². The zero-order valence-electron chi connectivity index (χ0n) is 16.0. The molecule has 142 valence electrons. The Balaban J connectivity index is 1.56. The van der Waals surface area contributed by atoms with Gasteiger partial charge in [0.25, 0.3) is 5.91 Å². The van der Waals surface area contributed by atoms with Crippen molar-refractivity contribution in [2.24, 2.45) is 7.05 Å². The van der Waals surface area contributed by atoms with Gasteiger partial charge in [-0.1, -0.05) is 35.9 Å². The maximum absolute atomic E-state index is 13.2. The molecular formula is C22H22N4O2. The summed E-state index contributed by atoms with van der Waals surface area (Å²) < 4.78 is 1.88. The Hall–Kier alpha value is -3.41. The quantitative estimate of drug-likeness (QED) is 0.708. The van der Waals surface area contributed by atoms with Crippen LogP contribution in [0.25, 0.3) is 11.4 Å². The summed E-state index contributed by atoms with van der Waals surface area (Å²) in [5.74, 6) is 0.516. The van der Waals surface area contributed by atoms with Crippen molar-refractivity contribution in [1.82, 2.24) is 14.5 Å². The van der Waals surface area contributed by atoms with Gasteiger partial charge < -0.3 is 14.4 Å². The van der Waals surface area contributed by atoms with Gasteiger partial charge in [0, 0.05) is 43.8 Å². The molecule has 1 aliphatic heterocycles. The maximum atomic E-state index is 13.2. The zero-order chi connectivity index (χ0) is 19.7. The van der Waals surface area contributed by atoms with Crippen LogP contribution < -0.4 is 4.90 Å². The molecule has 0 aliphatic carbocycles. The number of anilines is 1. The summed E-state index contributed by atoms with van der Waals surface area (Å²) in [5.41, 5.74) is 3.36. The fourth-order valence-corrected chi connectivity index (χ4v) is 3.50. The number of imidazole rings is 1. The van der Waals surface area contributed by atoms with Gasteiger partial charge in [0.15, 0.2) is 0 Å². The van der Waals surface area contributed by atoms with Crippen molar-refractivity contribution in [3.05, 3.63) is 72.1 Å². The molecule has 6 nitrogen and oxygen atoms in total. The normalized spacial score (nSPS) is 14.4. The van der Waals surface area contributed by atoms with E-state index in [1.54, 1.807) is 22.1 Å². The minimum atomic E-state index is -0.143. The second-order valence-electron chi connectivity index (χ2n) is 7.01. The van der Waals surface area contributed by atoms with E-state index in [-0.39, 0.29) is 18.4 Å². The minimum Gasteiger partial charge on any atom is -0.334 e. The summed E-state index contributed by atoms with van der Waals surface area (Å²) in [6.45, 7) is 3.06. The van der Waals surface area contributed by atoms with E-state index in [4.69, 9.17) is 0 Å². The van der Waals surface area contributed by atoms with E-state index in [0.717, 1.165) is 22.6 Å². The third-order valence-electron chi connectivity index (χ3n) is 5.07. The van der Waals surface area contributed by atoms with E-state index in [0.29, 0.717) is 18.7 Å². The summed E-state index contributed by atoms with van der Waals surface area (Å²) >= 11 is 0. The van der Waals surface area contributed by atoms with Gasteiger partial charge >= 0.3 is 0 Å². The Morgan fingerprint density at radius 3 is 2.46 bits per heavy atom. The Bertz CT molecular complexity index is 1020. The van der Waals surface area contributed by atoms with E-state index < -0.39 is 0 Å². The predicted molar refractivity (Wildman–Crippen MR) is 108 cm³/mol. The van der Waals surface area contributed by atoms with Crippen LogP contribution in [-0.2, 0) is 11.8 Å². The lowest BCUT2D eigenvalue weighted by Crippen LogP contribution is -2.52. The van der Waals surface area contributed by atoms with Crippen molar-refractivity contribution in [3.8, 4) is 11.4 Å². The Morgan fingerprint density at radius 2 is 1.79 bits per heavy atom. The molecule has 1 aliphatic rings. The molecule has 1 saturated heterocycles. The first-order chi connectivity index (χ1) is 13.5. The first kappa shape index (κ1) is 18.0. The molecule has 1 aromatic heterocycles. The van der Waals surface area contributed by atoms with Crippen LogP contribution in [-0.4, -0.2) is 45.9 Å². The summed E-state index contributed by atoms with van der Waals surface area (Å²) in [4.78, 5) is 33.6. The van der Waals surface area contributed by atoms with Crippen molar-refractivity contribution in [1.29, 1.82) is 0 Å². The van der Waals surface area contributed by atoms with E-state index in [9.17, 15) is 9.59 Å². The average Bonchev–Trinajstić information content (AvgIpc) is 3.14. The molecule has 0 saturated carbocycles. The Labute approximate surface area is 164 Å². The molecule has 0 unspecified atom stereocenters. The molecular weight excluding hydrogens is 352 g/mol. The summed E-state index contributed by atoms with van der Waals surface area (Å²) in [7, 11) is 1.90.